The number of rotatable bonds is 6. The van der Waals surface area contributed by atoms with Gasteiger partial charge < -0.3 is 16.2 Å². The molecule has 0 aromatic rings. The predicted octanol–water partition coefficient (Wildman–Crippen LogP) is 0.483. The summed E-state index contributed by atoms with van der Waals surface area (Å²) in [5.41, 5.74) is 4.50. The van der Waals surface area contributed by atoms with E-state index in [9.17, 15) is 9.59 Å². The fraction of sp³-hybridized carbons (Fsp3) is 0.818. The Morgan fingerprint density at radius 3 is 2.50 bits per heavy atom. The molecule has 1 unspecified atom stereocenters. The lowest BCUT2D eigenvalue weighted by Crippen LogP contribution is -2.57. The third-order valence-corrected chi connectivity index (χ3v) is 3.16. The second-order valence-electron chi connectivity index (χ2n) is 4.67. The lowest BCUT2D eigenvalue weighted by atomic mass is 9.95. The largest absolute Gasteiger partial charge is 0.480 e. The number of carboxylic acids is 1. The molecule has 0 saturated heterocycles. The lowest BCUT2D eigenvalue weighted by molar-refractivity contribution is -0.148. The third-order valence-electron chi connectivity index (χ3n) is 3.16. The number of amides is 1. The van der Waals surface area contributed by atoms with Gasteiger partial charge in [-0.05, 0) is 32.1 Å². The van der Waals surface area contributed by atoms with E-state index in [4.69, 9.17) is 10.8 Å². The Kier molecular flexibility index (Phi) is 3.91. The number of aliphatic carboxylic acids is 1. The molecule has 1 fully saturated rings. The number of carboxylic acid groups (broad SMARTS) is 1. The van der Waals surface area contributed by atoms with Crippen molar-refractivity contribution < 1.29 is 14.7 Å². The summed E-state index contributed by atoms with van der Waals surface area (Å²) in [7, 11) is 0. The van der Waals surface area contributed by atoms with Crippen LogP contribution < -0.4 is 11.1 Å². The van der Waals surface area contributed by atoms with Gasteiger partial charge in [0.2, 0.25) is 5.91 Å². The van der Waals surface area contributed by atoms with Crippen LogP contribution in [0.15, 0.2) is 0 Å². The summed E-state index contributed by atoms with van der Waals surface area (Å²) in [6.07, 6.45) is 3.09. The number of carbonyl (C=O) groups is 2. The highest BCUT2D eigenvalue weighted by Crippen LogP contribution is 2.39. The SMILES string of the molecule is CCC[C@H](N)C(=O)NC(C)(C(=O)O)C1CC1. The van der Waals surface area contributed by atoms with Crippen molar-refractivity contribution in [3.05, 3.63) is 0 Å². The van der Waals surface area contributed by atoms with Crippen molar-refractivity contribution in [3.8, 4) is 0 Å². The first kappa shape index (κ1) is 13.0. The van der Waals surface area contributed by atoms with Crippen LogP contribution in [0.1, 0.15) is 39.5 Å². The predicted molar refractivity (Wildman–Crippen MR) is 59.8 cm³/mol. The zero-order valence-electron chi connectivity index (χ0n) is 9.82. The van der Waals surface area contributed by atoms with E-state index in [-0.39, 0.29) is 11.8 Å². The van der Waals surface area contributed by atoms with Gasteiger partial charge in [0.15, 0.2) is 0 Å². The maximum absolute atomic E-state index is 11.7. The van der Waals surface area contributed by atoms with Gasteiger partial charge in [0.05, 0.1) is 6.04 Å². The molecule has 0 aromatic heterocycles. The summed E-state index contributed by atoms with van der Waals surface area (Å²) in [4.78, 5) is 22.8. The van der Waals surface area contributed by atoms with Gasteiger partial charge in [-0.25, -0.2) is 4.79 Å². The molecule has 92 valence electrons. The number of hydrogen-bond donors (Lipinski definition) is 3. The number of hydrogen-bond acceptors (Lipinski definition) is 3. The smallest absolute Gasteiger partial charge is 0.329 e. The zero-order valence-corrected chi connectivity index (χ0v) is 9.82. The molecule has 1 aliphatic rings. The topological polar surface area (TPSA) is 92.4 Å². The Balaban J connectivity index is 2.62. The van der Waals surface area contributed by atoms with Gasteiger partial charge in [-0.2, -0.15) is 0 Å². The van der Waals surface area contributed by atoms with E-state index < -0.39 is 17.6 Å². The molecule has 2 atom stereocenters. The van der Waals surface area contributed by atoms with Gasteiger partial charge in [-0.3, -0.25) is 4.79 Å². The second kappa shape index (κ2) is 4.82. The van der Waals surface area contributed by atoms with E-state index >= 15 is 0 Å². The number of nitrogens with one attached hydrogen (secondary N) is 1. The van der Waals surface area contributed by atoms with Crippen LogP contribution in [0.5, 0.6) is 0 Å². The first-order valence-electron chi connectivity index (χ1n) is 5.72. The van der Waals surface area contributed by atoms with Gasteiger partial charge in [-0.15, -0.1) is 0 Å². The van der Waals surface area contributed by atoms with Crippen LogP contribution in [0, 0.1) is 5.92 Å². The molecular weight excluding hydrogens is 208 g/mol. The fourth-order valence-corrected chi connectivity index (χ4v) is 1.78. The Bertz CT molecular complexity index is 289. The van der Waals surface area contributed by atoms with Crippen molar-refractivity contribution in [1.82, 2.24) is 5.32 Å². The summed E-state index contributed by atoms with van der Waals surface area (Å²) in [6, 6.07) is -0.609. The minimum Gasteiger partial charge on any atom is -0.480 e. The minimum absolute atomic E-state index is 0.0442. The average Bonchev–Trinajstić information content (AvgIpc) is 3.00. The van der Waals surface area contributed by atoms with E-state index in [2.05, 4.69) is 5.32 Å². The van der Waals surface area contributed by atoms with Crippen LogP contribution in [-0.2, 0) is 9.59 Å². The summed E-state index contributed by atoms with van der Waals surface area (Å²) in [5, 5.41) is 11.7. The van der Waals surface area contributed by atoms with Crippen LogP contribution in [0.4, 0.5) is 0 Å². The van der Waals surface area contributed by atoms with Crippen LogP contribution in [0.25, 0.3) is 0 Å². The molecule has 0 spiro atoms. The normalized spacial score (nSPS) is 20.9. The number of carbonyl (C=O) groups excluding carboxylic acids is 1. The van der Waals surface area contributed by atoms with Crippen molar-refractivity contribution >= 4 is 11.9 Å². The molecule has 1 aliphatic carbocycles. The molecule has 0 aliphatic heterocycles. The molecule has 5 nitrogen and oxygen atoms in total. The molecule has 0 aromatic carbocycles. The van der Waals surface area contributed by atoms with Gasteiger partial charge in [0.25, 0.3) is 0 Å². The summed E-state index contributed by atoms with van der Waals surface area (Å²) in [6.45, 7) is 3.49. The molecule has 0 radical (unpaired) electrons. The summed E-state index contributed by atoms with van der Waals surface area (Å²) >= 11 is 0. The van der Waals surface area contributed by atoms with Crippen molar-refractivity contribution in [3.63, 3.8) is 0 Å². The van der Waals surface area contributed by atoms with Crippen molar-refractivity contribution in [2.24, 2.45) is 11.7 Å². The molecule has 1 rings (SSSR count). The maximum Gasteiger partial charge on any atom is 0.329 e. The molecule has 1 amide bonds. The van der Waals surface area contributed by atoms with Gasteiger partial charge in [-0.1, -0.05) is 13.3 Å². The van der Waals surface area contributed by atoms with Crippen molar-refractivity contribution in [2.75, 3.05) is 0 Å². The minimum atomic E-state index is -1.15. The van der Waals surface area contributed by atoms with Crippen LogP contribution in [0.3, 0.4) is 0 Å². The maximum atomic E-state index is 11.7. The first-order valence-corrected chi connectivity index (χ1v) is 5.72. The Labute approximate surface area is 95.4 Å². The van der Waals surface area contributed by atoms with E-state index in [0.717, 1.165) is 19.3 Å². The van der Waals surface area contributed by atoms with Crippen LogP contribution >= 0.6 is 0 Å². The highest BCUT2D eigenvalue weighted by molar-refractivity contribution is 5.89. The molecule has 4 N–H and O–H groups in total. The number of nitrogens with two attached hydrogens (primary N) is 1. The highest BCUT2D eigenvalue weighted by atomic mass is 16.4. The van der Waals surface area contributed by atoms with Gasteiger partial charge >= 0.3 is 5.97 Å². The average molecular weight is 228 g/mol. The quantitative estimate of drug-likeness (QED) is 0.616. The monoisotopic (exact) mass is 228 g/mol. The van der Waals surface area contributed by atoms with E-state index in [0.29, 0.717) is 6.42 Å². The zero-order chi connectivity index (χ0) is 12.3. The van der Waals surface area contributed by atoms with E-state index in [1.54, 1.807) is 6.92 Å². The van der Waals surface area contributed by atoms with Gasteiger partial charge in [0, 0.05) is 0 Å². The Morgan fingerprint density at radius 1 is 1.56 bits per heavy atom. The Morgan fingerprint density at radius 2 is 2.12 bits per heavy atom. The first-order chi connectivity index (χ1) is 7.41. The molecule has 1 saturated carbocycles. The van der Waals surface area contributed by atoms with E-state index in [1.807, 2.05) is 6.92 Å². The molecule has 0 heterocycles. The molecular formula is C11H20N2O3. The fourth-order valence-electron chi connectivity index (χ4n) is 1.78. The highest BCUT2D eigenvalue weighted by Gasteiger charge is 2.48. The Hall–Kier alpha value is -1.10. The molecule has 5 heteroatoms. The summed E-state index contributed by atoms with van der Waals surface area (Å²) in [5.74, 6) is -1.30. The van der Waals surface area contributed by atoms with Crippen LogP contribution in [0.2, 0.25) is 0 Å². The molecule has 16 heavy (non-hydrogen) atoms. The van der Waals surface area contributed by atoms with Gasteiger partial charge in [0.1, 0.15) is 5.54 Å². The second-order valence-corrected chi connectivity index (χ2v) is 4.67. The lowest BCUT2D eigenvalue weighted by Gasteiger charge is -2.27. The van der Waals surface area contributed by atoms with Crippen LogP contribution in [-0.4, -0.2) is 28.6 Å². The van der Waals surface area contributed by atoms with Crippen molar-refractivity contribution in [2.45, 2.75) is 51.1 Å². The standard InChI is InChI=1S/C11H20N2O3/c1-3-4-8(12)9(14)13-11(2,10(15)16)7-5-6-7/h7-8H,3-6,12H2,1-2H3,(H,13,14)(H,15,16)/t8-,11?/m0/s1. The van der Waals surface area contributed by atoms with E-state index in [1.165, 1.54) is 0 Å². The molecule has 0 bridgehead atoms. The third kappa shape index (κ3) is 2.72. The summed E-state index contributed by atoms with van der Waals surface area (Å²) < 4.78 is 0. The van der Waals surface area contributed by atoms with Crippen molar-refractivity contribution in [1.29, 1.82) is 0 Å².